The third kappa shape index (κ3) is 7.20. The van der Waals surface area contributed by atoms with Crippen LogP contribution in [0.5, 0.6) is 0 Å². The van der Waals surface area contributed by atoms with E-state index < -0.39 is 0 Å². The Morgan fingerprint density at radius 1 is 1.07 bits per heavy atom. The van der Waals surface area contributed by atoms with E-state index in [1.54, 1.807) is 0 Å². The number of hydrogen-bond acceptors (Lipinski definition) is 3. The number of hydrogen-bond donors (Lipinski definition) is 1. The fourth-order valence-corrected chi connectivity index (χ4v) is 2.55. The second kappa shape index (κ2) is 9.49. The minimum Gasteiger partial charge on any atom is -0.317 e. The molecule has 0 aliphatic carbocycles. The van der Waals surface area contributed by atoms with Crippen LogP contribution in [-0.2, 0) is 0 Å². The van der Waals surface area contributed by atoms with Gasteiger partial charge in [-0.2, -0.15) is 11.8 Å². The smallest absolute Gasteiger partial charge is 0.000664 e. The van der Waals surface area contributed by atoms with Crippen molar-refractivity contribution in [2.75, 3.05) is 44.7 Å². The lowest BCUT2D eigenvalue weighted by molar-refractivity contribution is 0.331. The molecule has 1 N–H and O–H groups in total. The van der Waals surface area contributed by atoms with E-state index in [2.05, 4.69) is 16.5 Å². The highest BCUT2D eigenvalue weighted by molar-refractivity contribution is 7.98. The molecule has 0 atom stereocenters. The molecular weight excluding hydrogens is 204 g/mol. The molecule has 1 rings (SSSR count). The minimum atomic E-state index is 1.20. The number of nitrogens with one attached hydrogen (secondary N) is 1. The summed E-state index contributed by atoms with van der Waals surface area (Å²) in [5, 5.41) is 3.53. The molecule has 1 aliphatic heterocycles. The first-order valence-corrected chi connectivity index (χ1v) is 7.75. The van der Waals surface area contributed by atoms with Gasteiger partial charge in [0.15, 0.2) is 0 Å². The Kier molecular flexibility index (Phi) is 8.44. The summed E-state index contributed by atoms with van der Waals surface area (Å²) < 4.78 is 0. The van der Waals surface area contributed by atoms with Crippen LogP contribution in [0.15, 0.2) is 0 Å². The molecular formula is C12H26N2S. The number of rotatable bonds is 9. The lowest BCUT2D eigenvalue weighted by Crippen LogP contribution is -2.25. The van der Waals surface area contributed by atoms with Gasteiger partial charge in [-0.3, -0.25) is 0 Å². The third-order valence-corrected chi connectivity index (χ3v) is 3.68. The van der Waals surface area contributed by atoms with E-state index in [4.69, 9.17) is 0 Å². The monoisotopic (exact) mass is 230 g/mol. The van der Waals surface area contributed by atoms with Gasteiger partial charge in [0.05, 0.1) is 0 Å². The summed E-state index contributed by atoms with van der Waals surface area (Å²) >= 11 is 1.95. The average molecular weight is 230 g/mol. The van der Waals surface area contributed by atoms with Gasteiger partial charge in [0.25, 0.3) is 0 Å². The van der Waals surface area contributed by atoms with Crippen molar-refractivity contribution in [2.24, 2.45) is 0 Å². The summed E-state index contributed by atoms with van der Waals surface area (Å²) in [5.74, 6) is 1.31. The van der Waals surface area contributed by atoms with Crippen molar-refractivity contribution < 1.29 is 0 Å². The van der Waals surface area contributed by atoms with Gasteiger partial charge in [0.2, 0.25) is 0 Å². The SMILES string of the molecule is CSCCCCNCCCN1CCCC1. The number of unbranched alkanes of at least 4 members (excludes halogenated alkanes) is 1. The molecule has 1 fully saturated rings. The van der Waals surface area contributed by atoms with E-state index in [1.807, 2.05) is 11.8 Å². The van der Waals surface area contributed by atoms with Crippen molar-refractivity contribution in [1.29, 1.82) is 0 Å². The van der Waals surface area contributed by atoms with E-state index in [0.29, 0.717) is 0 Å². The second-order valence-corrected chi connectivity index (χ2v) is 5.34. The Morgan fingerprint density at radius 2 is 1.80 bits per heavy atom. The van der Waals surface area contributed by atoms with E-state index in [0.717, 1.165) is 0 Å². The standard InChI is InChI=1S/C12H26N2S/c1-15-12-5-2-7-13-8-6-11-14-9-3-4-10-14/h13H,2-12H2,1H3. The lowest BCUT2D eigenvalue weighted by Gasteiger charge is -2.14. The van der Waals surface area contributed by atoms with Crippen molar-refractivity contribution >= 4 is 11.8 Å². The van der Waals surface area contributed by atoms with E-state index in [1.165, 1.54) is 70.6 Å². The predicted octanol–water partition coefficient (Wildman–Crippen LogP) is 2.21. The molecule has 15 heavy (non-hydrogen) atoms. The summed E-state index contributed by atoms with van der Waals surface area (Å²) in [6, 6.07) is 0. The van der Waals surface area contributed by atoms with Gasteiger partial charge in [0, 0.05) is 0 Å². The van der Waals surface area contributed by atoms with Crippen LogP contribution in [0.25, 0.3) is 0 Å². The van der Waals surface area contributed by atoms with Gasteiger partial charge in [-0.25, -0.2) is 0 Å². The Balaban J connectivity index is 1.73. The highest BCUT2D eigenvalue weighted by Gasteiger charge is 2.09. The van der Waals surface area contributed by atoms with Crippen molar-refractivity contribution in [3.63, 3.8) is 0 Å². The van der Waals surface area contributed by atoms with Crippen LogP contribution in [-0.4, -0.2) is 49.6 Å². The van der Waals surface area contributed by atoms with Gasteiger partial charge >= 0.3 is 0 Å². The number of thioether (sulfide) groups is 1. The van der Waals surface area contributed by atoms with Gasteiger partial charge in [0.1, 0.15) is 0 Å². The van der Waals surface area contributed by atoms with Gasteiger partial charge < -0.3 is 10.2 Å². The molecule has 0 aromatic rings. The first-order valence-electron chi connectivity index (χ1n) is 6.35. The largest absolute Gasteiger partial charge is 0.317 e. The average Bonchev–Trinajstić information content (AvgIpc) is 2.75. The summed E-state index contributed by atoms with van der Waals surface area (Å²) in [5.41, 5.74) is 0. The van der Waals surface area contributed by atoms with E-state index in [-0.39, 0.29) is 0 Å². The summed E-state index contributed by atoms with van der Waals surface area (Å²) in [6.45, 7) is 6.40. The summed E-state index contributed by atoms with van der Waals surface area (Å²) in [4.78, 5) is 2.59. The van der Waals surface area contributed by atoms with Crippen molar-refractivity contribution in [3.8, 4) is 0 Å². The Bertz CT molecular complexity index is 136. The van der Waals surface area contributed by atoms with Gasteiger partial charge in [-0.1, -0.05) is 0 Å². The summed E-state index contributed by atoms with van der Waals surface area (Å²) in [6.07, 6.45) is 9.04. The summed E-state index contributed by atoms with van der Waals surface area (Å²) in [7, 11) is 0. The molecule has 0 spiro atoms. The molecule has 0 bridgehead atoms. The molecule has 0 radical (unpaired) electrons. The molecule has 0 aromatic heterocycles. The molecule has 0 unspecified atom stereocenters. The fourth-order valence-electron chi connectivity index (χ4n) is 2.06. The van der Waals surface area contributed by atoms with E-state index >= 15 is 0 Å². The van der Waals surface area contributed by atoms with Gasteiger partial charge in [-0.05, 0) is 76.8 Å². The molecule has 0 saturated carbocycles. The zero-order chi connectivity index (χ0) is 10.8. The van der Waals surface area contributed by atoms with Crippen molar-refractivity contribution in [1.82, 2.24) is 10.2 Å². The normalized spacial score (nSPS) is 17.4. The van der Waals surface area contributed by atoms with Crippen molar-refractivity contribution in [2.45, 2.75) is 32.1 Å². The molecule has 1 aliphatic rings. The predicted molar refractivity (Wildman–Crippen MR) is 70.8 cm³/mol. The molecule has 3 heteroatoms. The van der Waals surface area contributed by atoms with Crippen LogP contribution in [0.1, 0.15) is 32.1 Å². The van der Waals surface area contributed by atoms with Crippen LogP contribution in [0.2, 0.25) is 0 Å². The zero-order valence-corrected chi connectivity index (χ0v) is 11.0. The Hall–Kier alpha value is 0.270. The van der Waals surface area contributed by atoms with E-state index in [9.17, 15) is 0 Å². The highest BCUT2D eigenvalue weighted by atomic mass is 32.2. The molecule has 90 valence electrons. The highest BCUT2D eigenvalue weighted by Crippen LogP contribution is 2.06. The first kappa shape index (κ1) is 13.3. The van der Waals surface area contributed by atoms with Gasteiger partial charge in [-0.15, -0.1) is 0 Å². The third-order valence-electron chi connectivity index (χ3n) is 2.98. The van der Waals surface area contributed by atoms with Crippen molar-refractivity contribution in [3.05, 3.63) is 0 Å². The van der Waals surface area contributed by atoms with Crippen LogP contribution in [0.4, 0.5) is 0 Å². The molecule has 1 saturated heterocycles. The molecule has 1 heterocycles. The molecule has 0 amide bonds. The molecule has 0 aromatic carbocycles. The Morgan fingerprint density at radius 3 is 2.53 bits per heavy atom. The maximum Gasteiger partial charge on any atom is -0.000664 e. The van der Waals surface area contributed by atoms with Crippen LogP contribution < -0.4 is 5.32 Å². The number of nitrogens with zero attached hydrogens (tertiary/aromatic N) is 1. The minimum absolute atomic E-state index is 1.20. The quantitative estimate of drug-likeness (QED) is 0.611. The lowest BCUT2D eigenvalue weighted by atomic mass is 10.3. The number of likely N-dealkylation sites (tertiary alicyclic amines) is 1. The maximum atomic E-state index is 3.53. The first-order chi connectivity index (χ1) is 7.43. The van der Waals surface area contributed by atoms with Crippen LogP contribution in [0.3, 0.4) is 0 Å². The van der Waals surface area contributed by atoms with Crippen LogP contribution >= 0.6 is 11.8 Å². The molecule has 2 nitrogen and oxygen atoms in total. The second-order valence-electron chi connectivity index (χ2n) is 4.35. The zero-order valence-electron chi connectivity index (χ0n) is 10.1. The topological polar surface area (TPSA) is 15.3 Å². The fraction of sp³-hybridized carbons (Fsp3) is 1.00. The Labute approximate surface area is 99.2 Å². The maximum absolute atomic E-state index is 3.53. The van der Waals surface area contributed by atoms with Crippen LogP contribution in [0, 0.1) is 0 Å².